The average Bonchev–Trinajstić information content (AvgIpc) is 2.86. The van der Waals surface area contributed by atoms with E-state index in [2.05, 4.69) is 134 Å². The number of hydrogen-bond acceptors (Lipinski definition) is 5. The van der Waals surface area contributed by atoms with Gasteiger partial charge in [0.2, 0.25) is 8.32 Å². The molecule has 0 aliphatic carbocycles. The molecule has 0 amide bonds. The Morgan fingerprint density at radius 2 is 1.48 bits per heavy atom. The van der Waals surface area contributed by atoms with E-state index in [0.29, 0.717) is 17.6 Å². The summed E-state index contributed by atoms with van der Waals surface area (Å²) in [5.74, 6) is 0.693. The molecule has 42 heavy (non-hydrogen) atoms. The van der Waals surface area contributed by atoms with Crippen LogP contribution < -0.4 is 4.43 Å². The number of nitrogens with zero attached hydrogens (tertiary/aromatic N) is 2. The van der Waals surface area contributed by atoms with Crippen molar-refractivity contribution in [2.24, 2.45) is 0 Å². The largest absolute Gasteiger partial charge is 0.543 e. The van der Waals surface area contributed by atoms with E-state index >= 15 is 0 Å². The summed E-state index contributed by atoms with van der Waals surface area (Å²) >= 11 is 0. The maximum Gasteiger partial charge on any atom is 0.324 e. The summed E-state index contributed by atoms with van der Waals surface area (Å²) in [7, 11) is -4.27. The van der Waals surface area contributed by atoms with Crippen molar-refractivity contribution in [3.05, 3.63) is 77.9 Å². The molecule has 1 fully saturated rings. The fourth-order valence-electron chi connectivity index (χ4n) is 5.06. The van der Waals surface area contributed by atoms with Crippen LogP contribution in [0.1, 0.15) is 82.9 Å². The third kappa shape index (κ3) is 7.84. The zero-order valence-electron chi connectivity index (χ0n) is 28.4. The second kappa shape index (κ2) is 12.8. The zero-order valence-corrected chi connectivity index (χ0v) is 30.4. The van der Waals surface area contributed by atoms with Crippen molar-refractivity contribution in [2.45, 2.75) is 110 Å². The molecule has 2 aromatic rings. The van der Waals surface area contributed by atoms with Crippen LogP contribution in [-0.4, -0.2) is 64.1 Å². The van der Waals surface area contributed by atoms with E-state index in [-0.39, 0.29) is 22.1 Å². The molecule has 3 atom stereocenters. The first-order chi connectivity index (χ1) is 19.3. The second-order valence-corrected chi connectivity index (χ2v) is 24.7. The van der Waals surface area contributed by atoms with Gasteiger partial charge in [0.05, 0.1) is 11.6 Å². The number of rotatable bonds is 9. The van der Waals surface area contributed by atoms with Crippen LogP contribution in [0, 0.1) is 0 Å². The molecule has 1 aliphatic heterocycles. The third-order valence-corrected chi connectivity index (χ3v) is 18.5. The lowest BCUT2D eigenvalue weighted by molar-refractivity contribution is 0.0306. The van der Waals surface area contributed by atoms with Gasteiger partial charge in [-0.05, 0) is 85.5 Å². The van der Waals surface area contributed by atoms with E-state index in [4.69, 9.17) is 8.85 Å². The molecule has 0 aromatic heterocycles. The van der Waals surface area contributed by atoms with Crippen molar-refractivity contribution in [3.63, 3.8) is 0 Å². The van der Waals surface area contributed by atoms with E-state index in [1.54, 1.807) is 0 Å². The Hall–Kier alpha value is -2.20. The first-order valence-corrected chi connectivity index (χ1v) is 21.3. The lowest BCUT2D eigenvalue weighted by atomic mass is 9.92. The number of piperazine rings is 1. The third-order valence-electron chi connectivity index (χ3n) is 9.80. The second-order valence-electron chi connectivity index (χ2n) is 15.3. The van der Waals surface area contributed by atoms with Crippen LogP contribution in [0.5, 0.6) is 5.75 Å². The zero-order chi connectivity index (χ0) is 31.7. The first kappa shape index (κ1) is 34.3. The van der Waals surface area contributed by atoms with Crippen LogP contribution in [0.2, 0.25) is 36.3 Å². The van der Waals surface area contributed by atoms with Gasteiger partial charge >= 0.3 is 5.97 Å². The molecule has 0 N–H and O–H groups in total. The average molecular weight is 609 g/mol. The molecule has 7 heteroatoms. The number of carbonyl (C=O) groups is 1. The van der Waals surface area contributed by atoms with Gasteiger partial charge in [-0.15, -0.1) is 6.58 Å². The molecule has 5 nitrogen and oxygen atoms in total. The Bertz CT molecular complexity index is 1250. The van der Waals surface area contributed by atoms with Crippen molar-refractivity contribution < 1.29 is 13.6 Å². The predicted molar refractivity (Wildman–Crippen MR) is 183 cm³/mol. The number of benzene rings is 2. The van der Waals surface area contributed by atoms with Gasteiger partial charge in [0, 0.05) is 31.7 Å². The van der Waals surface area contributed by atoms with Crippen molar-refractivity contribution in [1.29, 1.82) is 0 Å². The molecule has 0 saturated carbocycles. The Morgan fingerprint density at radius 1 is 0.905 bits per heavy atom. The van der Waals surface area contributed by atoms with Crippen LogP contribution in [-0.2, 0) is 4.43 Å². The topological polar surface area (TPSA) is 42.0 Å². The molecular formula is C35H56N2O3Si2. The minimum absolute atomic E-state index is 0.0306. The van der Waals surface area contributed by atoms with Gasteiger partial charge in [0.1, 0.15) is 5.75 Å². The van der Waals surface area contributed by atoms with Gasteiger partial charge in [-0.1, -0.05) is 71.9 Å². The first-order valence-electron chi connectivity index (χ1n) is 15.5. The van der Waals surface area contributed by atoms with Crippen LogP contribution in [0.3, 0.4) is 0 Å². The van der Waals surface area contributed by atoms with E-state index < -0.39 is 16.6 Å². The summed E-state index contributed by atoms with van der Waals surface area (Å²) in [5, 5.41) is 0.0523. The minimum Gasteiger partial charge on any atom is -0.543 e. The molecule has 0 spiro atoms. The number of hydrogen-bond donors (Lipinski definition) is 0. The highest BCUT2D eigenvalue weighted by atomic mass is 28.4. The van der Waals surface area contributed by atoms with Crippen LogP contribution in [0.25, 0.3) is 0 Å². The summed E-state index contributed by atoms with van der Waals surface area (Å²) in [6.45, 7) is 33.4. The summed E-state index contributed by atoms with van der Waals surface area (Å²) in [6.07, 6.45) is 2.00. The summed E-state index contributed by atoms with van der Waals surface area (Å²) in [4.78, 5) is 18.6. The Morgan fingerprint density at radius 3 is 2.05 bits per heavy atom. The van der Waals surface area contributed by atoms with Gasteiger partial charge in [-0.2, -0.15) is 0 Å². The highest BCUT2D eigenvalue weighted by molar-refractivity contribution is 6.75. The maximum absolute atomic E-state index is 13.5. The summed E-state index contributed by atoms with van der Waals surface area (Å²) < 4.78 is 13.0. The fourth-order valence-corrected chi connectivity index (χ4v) is 6.97. The van der Waals surface area contributed by atoms with Gasteiger partial charge < -0.3 is 8.85 Å². The molecular weight excluding hydrogens is 553 g/mol. The highest BCUT2D eigenvalue weighted by Gasteiger charge is 2.41. The highest BCUT2D eigenvalue weighted by Crippen LogP contribution is 2.40. The Kier molecular flexibility index (Phi) is 10.5. The Labute approximate surface area is 258 Å². The van der Waals surface area contributed by atoms with Crippen molar-refractivity contribution in [1.82, 2.24) is 9.80 Å². The molecule has 0 bridgehead atoms. The van der Waals surface area contributed by atoms with E-state index in [0.717, 1.165) is 30.9 Å². The van der Waals surface area contributed by atoms with E-state index in [1.807, 2.05) is 18.2 Å². The van der Waals surface area contributed by atoms with Crippen LogP contribution in [0.4, 0.5) is 0 Å². The molecule has 0 radical (unpaired) electrons. The Balaban J connectivity index is 2.07. The summed E-state index contributed by atoms with van der Waals surface area (Å²) in [6, 6.07) is 17.4. The molecule has 3 rings (SSSR count). The smallest absolute Gasteiger partial charge is 0.324 e. The fraction of sp³-hybridized carbons (Fsp3) is 0.571. The molecule has 1 heterocycles. The standard InChI is InChI=1S/C35H56N2O3Si2/c1-14-21-36-24-27(3)37(25-26(36)2)32(29-18-16-20-31(23-29)39-41(10,11)34(4,5)6)28-17-15-19-30(22-28)33(38)40-42(12,13)35(7,8)9/h14-20,22-23,26-27,32H,1,21,24-25H2,2-13H3/t26-,27+,32-/m1/s1. The van der Waals surface area contributed by atoms with E-state index in [1.165, 1.54) is 5.56 Å². The van der Waals surface area contributed by atoms with Gasteiger partial charge in [0.25, 0.3) is 8.32 Å². The molecule has 1 aliphatic rings. The van der Waals surface area contributed by atoms with Gasteiger partial charge in [-0.3, -0.25) is 9.80 Å². The molecule has 0 unspecified atom stereocenters. The van der Waals surface area contributed by atoms with Crippen molar-refractivity contribution >= 4 is 22.6 Å². The summed E-state index contributed by atoms with van der Waals surface area (Å²) in [5.41, 5.74) is 2.89. The number of carbonyl (C=O) groups excluding carboxylic acids is 1. The monoisotopic (exact) mass is 608 g/mol. The minimum atomic E-state index is -2.26. The van der Waals surface area contributed by atoms with Crippen molar-refractivity contribution in [2.75, 3.05) is 19.6 Å². The van der Waals surface area contributed by atoms with Crippen molar-refractivity contribution in [3.8, 4) is 5.75 Å². The predicted octanol–water partition coefficient (Wildman–Crippen LogP) is 8.90. The van der Waals surface area contributed by atoms with Gasteiger partial charge in [-0.25, -0.2) is 4.79 Å². The lowest BCUT2D eigenvalue weighted by Gasteiger charge is -2.47. The maximum atomic E-state index is 13.5. The van der Waals surface area contributed by atoms with Gasteiger partial charge in [0.15, 0.2) is 0 Å². The normalized spacial score (nSPS) is 20.2. The quantitative estimate of drug-likeness (QED) is 0.210. The van der Waals surface area contributed by atoms with Crippen LogP contribution >= 0.6 is 0 Å². The lowest BCUT2D eigenvalue weighted by Crippen LogP contribution is -2.57. The molecule has 232 valence electrons. The molecule has 1 saturated heterocycles. The van der Waals surface area contributed by atoms with E-state index in [9.17, 15) is 4.79 Å². The van der Waals surface area contributed by atoms with Crippen LogP contribution in [0.15, 0.2) is 61.2 Å². The molecule has 2 aromatic carbocycles. The SMILES string of the molecule is C=CCN1C[C@H](C)N([C@@H](c2cccc(O[Si](C)(C)C(C)(C)C)c2)c2cccc(C(=O)O[Si](C)(C)C(C)(C)C)c2)C[C@H]1C.